The van der Waals surface area contributed by atoms with Gasteiger partial charge in [-0.05, 0) is 19.3 Å². The van der Waals surface area contributed by atoms with E-state index in [1.54, 1.807) is 0 Å². The molecule has 0 aromatic rings. The molecular formula is C7H18LiN. The third kappa shape index (κ3) is 4.03. The summed E-state index contributed by atoms with van der Waals surface area (Å²) >= 11 is 0. The van der Waals surface area contributed by atoms with E-state index in [9.17, 15) is 0 Å². The molecule has 2 heteroatoms. The molecule has 52 valence electrons. The van der Waals surface area contributed by atoms with E-state index in [1.807, 2.05) is 0 Å². The Kier molecular flexibility index (Phi) is 7.29. The molecule has 0 aliphatic rings. The van der Waals surface area contributed by atoms with E-state index in [1.165, 1.54) is 0 Å². The van der Waals surface area contributed by atoms with Crippen LogP contribution in [-0.2, 0) is 0 Å². The summed E-state index contributed by atoms with van der Waals surface area (Å²) in [5.41, 5.74) is 6.02. The van der Waals surface area contributed by atoms with E-state index in [4.69, 9.17) is 5.73 Å². The number of rotatable bonds is 3. The Hall–Kier alpha value is 0.557. The van der Waals surface area contributed by atoms with Crippen molar-refractivity contribution in [1.82, 2.24) is 0 Å². The zero-order valence-electron chi connectivity index (χ0n) is 8.20. The van der Waals surface area contributed by atoms with Crippen molar-refractivity contribution in [2.75, 3.05) is 0 Å². The van der Waals surface area contributed by atoms with Gasteiger partial charge in [-0.2, -0.15) is 0 Å². The molecular weight excluding hydrogens is 105 g/mol. The summed E-state index contributed by atoms with van der Waals surface area (Å²) in [5, 5.41) is 0. The van der Waals surface area contributed by atoms with E-state index in [0.29, 0.717) is 0 Å². The van der Waals surface area contributed by atoms with Crippen LogP contribution in [0.5, 0.6) is 0 Å². The summed E-state index contributed by atoms with van der Waals surface area (Å²) in [6.07, 6.45) is 3.29. The Morgan fingerprint density at radius 1 is 1.11 bits per heavy atom. The Labute approximate surface area is 72.1 Å². The minimum Gasteiger partial charge on any atom is -1.00 e. The van der Waals surface area contributed by atoms with E-state index in [2.05, 4.69) is 20.8 Å². The van der Waals surface area contributed by atoms with E-state index in [-0.39, 0.29) is 25.8 Å². The molecule has 0 aliphatic heterocycles. The van der Waals surface area contributed by atoms with Gasteiger partial charge in [0.1, 0.15) is 0 Å². The van der Waals surface area contributed by atoms with Gasteiger partial charge in [-0.1, -0.05) is 20.8 Å². The first-order valence-electron chi connectivity index (χ1n) is 3.47. The van der Waals surface area contributed by atoms with Gasteiger partial charge in [-0.3, -0.25) is 0 Å². The molecule has 0 bridgehead atoms. The first kappa shape index (κ1) is 12.3. The fourth-order valence-electron chi connectivity index (χ4n) is 0.750. The normalized spacial score (nSPS) is 10.7. The zero-order chi connectivity index (χ0) is 6.62. The molecule has 0 saturated carbocycles. The molecule has 0 atom stereocenters. The summed E-state index contributed by atoms with van der Waals surface area (Å²) in [6, 6.07) is 0. The summed E-state index contributed by atoms with van der Waals surface area (Å²) in [6.45, 7) is 6.44. The van der Waals surface area contributed by atoms with Crippen molar-refractivity contribution in [3.05, 3.63) is 0 Å². The second kappa shape index (κ2) is 5.35. The maximum absolute atomic E-state index is 5.90. The van der Waals surface area contributed by atoms with Gasteiger partial charge in [0.2, 0.25) is 0 Å². The first-order chi connectivity index (χ1) is 3.68. The molecule has 9 heavy (non-hydrogen) atoms. The summed E-state index contributed by atoms with van der Waals surface area (Å²) in [4.78, 5) is 0. The van der Waals surface area contributed by atoms with Gasteiger partial charge in [0.15, 0.2) is 0 Å². The van der Waals surface area contributed by atoms with Gasteiger partial charge in [0.25, 0.3) is 0 Å². The Balaban J connectivity index is -0.000000245. The third-order valence-corrected chi connectivity index (χ3v) is 2.11. The van der Waals surface area contributed by atoms with Crippen LogP contribution in [0.1, 0.15) is 41.5 Å². The van der Waals surface area contributed by atoms with E-state index in [0.717, 1.165) is 19.3 Å². The monoisotopic (exact) mass is 123 g/mol. The summed E-state index contributed by atoms with van der Waals surface area (Å²) in [5.74, 6) is 0. The van der Waals surface area contributed by atoms with Crippen LogP contribution in [0.3, 0.4) is 0 Å². The van der Waals surface area contributed by atoms with Crippen LogP contribution in [-0.4, -0.2) is 5.54 Å². The smallest absolute Gasteiger partial charge is 1.00 e. The molecule has 0 aromatic carbocycles. The van der Waals surface area contributed by atoms with Crippen LogP contribution in [0.25, 0.3) is 0 Å². The molecule has 1 nitrogen and oxygen atoms in total. The average molecular weight is 123 g/mol. The van der Waals surface area contributed by atoms with Crippen molar-refractivity contribution in [3.63, 3.8) is 0 Å². The van der Waals surface area contributed by atoms with Crippen molar-refractivity contribution in [3.8, 4) is 0 Å². The Morgan fingerprint density at radius 3 is 1.33 bits per heavy atom. The molecule has 0 radical (unpaired) electrons. The topological polar surface area (TPSA) is 26.0 Å². The first-order valence-corrected chi connectivity index (χ1v) is 3.47. The van der Waals surface area contributed by atoms with Crippen molar-refractivity contribution in [2.24, 2.45) is 5.73 Å². The molecule has 0 unspecified atom stereocenters. The van der Waals surface area contributed by atoms with Crippen LogP contribution in [0.2, 0.25) is 0 Å². The second-order valence-corrected chi connectivity index (χ2v) is 2.42. The quantitative estimate of drug-likeness (QED) is 0.480. The molecule has 0 fully saturated rings. The predicted molar refractivity (Wildman–Crippen MR) is 38.9 cm³/mol. The maximum Gasteiger partial charge on any atom is 1.00 e. The van der Waals surface area contributed by atoms with Gasteiger partial charge in [0, 0.05) is 5.54 Å². The van der Waals surface area contributed by atoms with Crippen LogP contribution in [0.15, 0.2) is 0 Å². The number of nitrogens with two attached hydrogens (primary N) is 1. The molecule has 0 aliphatic carbocycles. The average Bonchev–Trinajstić information content (AvgIpc) is 1.87. The molecule has 0 aromatic heterocycles. The molecule has 0 heterocycles. The molecule has 0 spiro atoms. The van der Waals surface area contributed by atoms with E-state index >= 15 is 0 Å². The zero-order valence-corrected chi connectivity index (χ0v) is 7.20. The van der Waals surface area contributed by atoms with Crippen LogP contribution < -0.4 is 24.6 Å². The minimum atomic E-state index is 0. The SMILES string of the molecule is CCC(N)(CC)CC.[H-].[Li+]. The molecule has 2 N–H and O–H groups in total. The Morgan fingerprint density at radius 2 is 1.33 bits per heavy atom. The van der Waals surface area contributed by atoms with Gasteiger partial charge in [-0.15, -0.1) is 0 Å². The fraction of sp³-hybridized carbons (Fsp3) is 1.00. The molecule has 0 amide bonds. The van der Waals surface area contributed by atoms with E-state index < -0.39 is 0 Å². The predicted octanol–water partition coefficient (Wildman–Crippen LogP) is -0.970. The van der Waals surface area contributed by atoms with Crippen molar-refractivity contribution >= 4 is 0 Å². The van der Waals surface area contributed by atoms with Crippen molar-refractivity contribution < 1.29 is 20.3 Å². The van der Waals surface area contributed by atoms with Gasteiger partial charge in [0.05, 0.1) is 0 Å². The van der Waals surface area contributed by atoms with Crippen LogP contribution >= 0.6 is 0 Å². The number of hydrogen-bond donors (Lipinski definition) is 1. The minimum absolute atomic E-state index is 0. The standard InChI is InChI=1S/C7H17N.Li.H/c1-4-7(8,5-2)6-3;;/h4-6,8H2,1-3H3;;/q;+1;-1. The van der Waals surface area contributed by atoms with Crippen molar-refractivity contribution in [1.29, 1.82) is 0 Å². The van der Waals surface area contributed by atoms with Crippen molar-refractivity contribution in [2.45, 2.75) is 45.6 Å². The maximum atomic E-state index is 5.90. The van der Waals surface area contributed by atoms with Gasteiger partial charge >= 0.3 is 18.9 Å². The number of hydrogen-bond acceptors (Lipinski definition) is 1. The molecule has 0 rings (SSSR count). The molecule has 0 saturated heterocycles. The Bertz CT molecular complexity index is 56.4. The second-order valence-electron chi connectivity index (χ2n) is 2.42. The van der Waals surface area contributed by atoms with Crippen LogP contribution in [0, 0.1) is 0 Å². The fourth-order valence-corrected chi connectivity index (χ4v) is 0.750. The summed E-state index contributed by atoms with van der Waals surface area (Å²) < 4.78 is 0. The largest absolute Gasteiger partial charge is 1.00 e. The van der Waals surface area contributed by atoms with Gasteiger partial charge < -0.3 is 7.16 Å². The van der Waals surface area contributed by atoms with Crippen LogP contribution in [0.4, 0.5) is 0 Å². The third-order valence-electron chi connectivity index (χ3n) is 2.11. The summed E-state index contributed by atoms with van der Waals surface area (Å²) in [7, 11) is 0. The van der Waals surface area contributed by atoms with Gasteiger partial charge in [-0.25, -0.2) is 0 Å².